The van der Waals surface area contributed by atoms with Crippen LogP contribution >= 0.6 is 15.9 Å². The second-order valence-corrected chi connectivity index (χ2v) is 5.12. The van der Waals surface area contributed by atoms with Gasteiger partial charge in [-0.05, 0) is 53.2 Å². The second kappa shape index (κ2) is 4.70. The van der Waals surface area contributed by atoms with Crippen LogP contribution in [0.15, 0.2) is 16.6 Å². The number of hydrogen-bond donors (Lipinski definition) is 0. The van der Waals surface area contributed by atoms with E-state index in [0.717, 1.165) is 25.3 Å². The lowest BCUT2D eigenvalue weighted by Crippen LogP contribution is -2.12. The van der Waals surface area contributed by atoms with Crippen LogP contribution in [0.25, 0.3) is 0 Å². The molecule has 0 bridgehead atoms. The number of halogens is 3. The molecule has 0 spiro atoms. The maximum Gasteiger partial charge on any atom is 0.176 e. The van der Waals surface area contributed by atoms with E-state index in [2.05, 4.69) is 22.9 Å². The van der Waals surface area contributed by atoms with Crippen LogP contribution in [0, 0.1) is 17.6 Å². The number of ether oxygens (including phenoxy) is 1. The minimum absolute atomic E-state index is 0.0760. The van der Waals surface area contributed by atoms with Crippen molar-refractivity contribution in [1.82, 2.24) is 0 Å². The molecule has 16 heavy (non-hydrogen) atoms. The third-order valence-electron chi connectivity index (χ3n) is 2.94. The van der Waals surface area contributed by atoms with E-state index in [1.807, 2.05) is 0 Å². The van der Waals surface area contributed by atoms with E-state index in [0.29, 0.717) is 11.7 Å². The molecule has 0 radical (unpaired) electrons. The molecule has 2 rings (SSSR count). The monoisotopic (exact) mass is 290 g/mol. The second-order valence-electron chi connectivity index (χ2n) is 4.33. The van der Waals surface area contributed by atoms with Gasteiger partial charge < -0.3 is 4.74 Å². The lowest BCUT2D eigenvalue weighted by molar-refractivity contribution is 0.202. The number of rotatable bonds is 2. The van der Waals surface area contributed by atoms with Crippen molar-refractivity contribution in [3.8, 4) is 5.75 Å². The van der Waals surface area contributed by atoms with Crippen LogP contribution in [-0.2, 0) is 0 Å². The third-order valence-corrected chi connectivity index (χ3v) is 3.68. The van der Waals surface area contributed by atoms with Crippen molar-refractivity contribution in [2.75, 3.05) is 0 Å². The molecular formula is C12H13BrF2O. The Kier molecular flexibility index (Phi) is 3.47. The van der Waals surface area contributed by atoms with Crippen LogP contribution in [0.5, 0.6) is 5.75 Å². The van der Waals surface area contributed by atoms with Gasteiger partial charge in [-0.2, -0.15) is 0 Å². The topological polar surface area (TPSA) is 9.23 Å². The molecule has 0 amide bonds. The van der Waals surface area contributed by atoms with Crippen molar-refractivity contribution < 1.29 is 13.5 Å². The van der Waals surface area contributed by atoms with Crippen molar-refractivity contribution in [3.05, 3.63) is 28.2 Å². The van der Waals surface area contributed by atoms with Gasteiger partial charge in [0.25, 0.3) is 0 Å². The van der Waals surface area contributed by atoms with Crippen molar-refractivity contribution >= 4 is 15.9 Å². The molecule has 0 aliphatic heterocycles. The summed E-state index contributed by atoms with van der Waals surface area (Å²) in [6.45, 7) is 2.17. The number of hydrogen-bond acceptors (Lipinski definition) is 1. The first-order valence-electron chi connectivity index (χ1n) is 5.38. The zero-order chi connectivity index (χ0) is 11.7. The Labute approximate surface area is 102 Å². The van der Waals surface area contributed by atoms with Crippen LogP contribution in [-0.4, -0.2) is 6.10 Å². The van der Waals surface area contributed by atoms with Gasteiger partial charge in [0.1, 0.15) is 5.75 Å². The molecule has 1 aromatic rings. The highest BCUT2D eigenvalue weighted by molar-refractivity contribution is 9.10. The quantitative estimate of drug-likeness (QED) is 0.738. The summed E-state index contributed by atoms with van der Waals surface area (Å²) in [5, 5.41) is 0. The molecule has 4 heteroatoms. The predicted molar refractivity (Wildman–Crippen MR) is 61.5 cm³/mol. The summed E-state index contributed by atoms with van der Waals surface area (Å²) in [4.78, 5) is 0. The first-order valence-corrected chi connectivity index (χ1v) is 6.17. The van der Waals surface area contributed by atoms with E-state index in [4.69, 9.17) is 4.74 Å². The third kappa shape index (κ3) is 2.37. The molecule has 2 atom stereocenters. The molecule has 0 saturated heterocycles. The van der Waals surface area contributed by atoms with Crippen molar-refractivity contribution in [1.29, 1.82) is 0 Å². The van der Waals surface area contributed by atoms with Gasteiger partial charge in [-0.3, -0.25) is 0 Å². The molecule has 0 unspecified atom stereocenters. The highest BCUT2D eigenvalue weighted by Crippen LogP contribution is 2.34. The van der Waals surface area contributed by atoms with Gasteiger partial charge in [-0.15, -0.1) is 0 Å². The van der Waals surface area contributed by atoms with Gasteiger partial charge in [0, 0.05) is 0 Å². The summed E-state index contributed by atoms with van der Waals surface area (Å²) >= 11 is 3.01. The van der Waals surface area contributed by atoms with Gasteiger partial charge in [-0.25, -0.2) is 8.78 Å². The lowest BCUT2D eigenvalue weighted by Gasteiger charge is -2.15. The summed E-state index contributed by atoms with van der Waals surface area (Å²) in [5.74, 6) is -0.713. The minimum Gasteiger partial charge on any atom is -0.489 e. The number of benzene rings is 1. The van der Waals surface area contributed by atoms with Crippen molar-refractivity contribution in [3.63, 3.8) is 0 Å². The van der Waals surface area contributed by atoms with Crippen molar-refractivity contribution in [2.24, 2.45) is 5.92 Å². The Morgan fingerprint density at radius 3 is 2.69 bits per heavy atom. The Bertz CT molecular complexity index is 395. The summed E-state index contributed by atoms with van der Waals surface area (Å²) in [7, 11) is 0. The smallest absolute Gasteiger partial charge is 0.176 e. The molecular weight excluding hydrogens is 278 g/mol. The fourth-order valence-electron chi connectivity index (χ4n) is 2.04. The average molecular weight is 291 g/mol. The van der Waals surface area contributed by atoms with E-state index in [-0.39, 0.29) is 10.6 Å². The Morgan fingerprint density at radius 1 is 1.31 bits per heavy atom. The first-order chi connectivity index (χ1) is 7.58. The Morgan fingerprint density at radius 2 is 2.06 bits per heavy atom. The molecule has 1 aliphatic carbocycles. The van der Waals surface area contributed by atoms with Gasteiger partial charge in [0.15, 0.2) is 11.6 Å². The molecule has 88 valence electrons. The van der Waals surface area contributed by atoms with Gasteiger partial charge in [0.05, 0.1) is 10.6 Å². The maximum atomic E-state index is 13.2. The van der Waals surface area contributed by atoms with Gasteiger partial charge >= 0.3 is 0 Å². The van der Waals surface area contributed by atoms with E-state index >= 15 is 0 Å². The van der Waals surface area contributed by atoms with E-state index in [1.165, 1.54) is 6.07 Å². The Hall–Kier alpha value is -0.640. The maximum absolute atomic E-state index is 13.2. The van der Waals surface area contributed by atoms with E-state index < -0.39 is 11.6 Å². The summed E-state index contributed by atoms with van der Waals surface area (Å²) in [6.07, 6.45) is 3.21. The fourth-order valence-corrected chi connectivity index (χ4v) is 2.46. The average Bonchev–Trinajstić information content (AvgIpc) is 2.65. The molecule has 0 N–H and O–H groups in total. The molecule has 1 nitrogen and oxygen atoms in total. The van der Waals surface area contributed by atoms with Crippen LogP contribution in [0.3, 0.4) is 0 Å². The van der Waals surface area contributed by atoms with E-state index in [9.17, 15) is 8.78 Å². The van der Waals surface area contributed by atoms with Crippen molar-refractivity contribution in [2.45, 2.75) is 32.3 Å². The van der Waals surface area contributed by atoms with Gasteiger partial charge in [0.2, 0.25) is 0 Å². The largest absolute Gasteiger partial charge is 0.489 e. The molecule has 1 fully saturated rings. The first kappa shape index (κ1) is 11.8. The minimum atomic E-state index is -0.886. The molecule has 0 heterocycles. The van der Waals surface area contributed by atoms with Crippen LogP contribution in [0.2, 0.25) is 0 Å². The predicted octanol–water partition coefficient (Wildman–Crippen LogP) is 4.29. The van der Waals surface area contributed by atoms with Crippen LogP contribution in [0.1, 0.15) is 26.2 Å². The molecule has 1 aliphatic rings. The molecule has 1 aromatic carbocycles. The molecule has 0 aromatic heterocycles. The standard InChI is InChI=1S/C12H13BrF2O/c1-7-2-3-8(6-7)16-10-5-4-9(14)12(15)11(10)13/h4-5,7-8H,2-3,6H2,1H3/t7-,8+/m0/s1. The summed E-state index contributed by atoms with van der Waals surface area (Å²) in [6, 6.07) is 2.55. The fraction of sp³-hybridized carbons (Fsp3) is 0.500. The van der Waals surface area contributed by atoms with Crippen LogP contribution < -0.4 is 4.74 Å². The van der Waals surface area contributed by atoms with E-state index in [1.54, 1.807) is 0 Å². The lowest BCUT2D eigenvalue weighted by atomic mass is 10.1. The Balaban J connectivity index is 2.13. The normalized spacial score (nSPS) is 24.8. The summed E-state index contributed by atoms with van der Waals surface area (Å²) < 4.78 is 31.8. The zero-order valence-electron chi connectivity index (χ0n) is 8.97. The van der Waals surface area contributed by atoms with Gasteiger partial charge in [-0.1, -0.05) is 6.92 Å². The molecule has 1 saturated carbocycles. The highest BCUT2D eigenvalue weighted by atomic mass is 79.9. The zero-order valence-corrected chi connectivity index (χ0v) is 10.6. The summed E-state index contributed by atoms with van der Waals surface area (Å²) in [5.41, 5.74) is 0. The van der Waals surface area contributed by atoms with Crippen LogP contribution in [0.4, 0.5) is 8.78 Å². The SMILES string of the molecule is C[C@H]1CC[C@@H](Oc2ccc(F)c(F)c2Br)C1. The highest BCUT2D eigenvalue weighted by Gasteiger charge is 2.24.